The van der Waals surface area contributed by atoms with E-state index >= 15 is 0 Å². The van der Waals surface area contributed by atoms with Crippen LogP contribution in [0.25, 0.3) is 0 Å². The fourth-order valence-electron chi connectivity index (χ4n) is 2.49. The van der Waals surface area contributed by atoms with E-state index in [9.17, 15) is 4.79 Å². The van der Waals surface area contributed by atoms with Crippen LogP contribution in [0.2, 0.25) is 0 Å². The smallest absolute Gasteiger partial charge is 0.224 e. The van der Waals surface area contributed by atoms with Crippen LogP contribution in [0.3, 0.4) is 0 Å². The molecule has 0 aromatic rings. The van der Waals surface area contributed by atoms with Crippen LogP contribution in [0.1, 0.15) is 66.7 Å². The minimum Gasteiger partial charge on any atom is -0.340 e. The highest BCUT2D eigenvalue weighted by Crippen LogP contribution is 2.29. The van der Waals surface area contributed by atoms with Gasteiger partial charge in [-0.15, -0.1) is 0 Å². The Bertz CT molecular complexity index is 290. The Morgan fingerprint density at radius 3 is 2.32 bits per heavy atom. The second-order valence-electron chi connectivity index (χ2n) is 7.73. The Morgan fingerprint density at radius 2 is 1.89 bits per heavy atom. The highest BCUT2D eigenvalue weighted by molar-refractivity contribution is 5.77. The van der Waals surface area contributed by atoms with E-state index in [4.69, 9.17) is 5.73 Å². The second-order valence-corrected chi connectivity index (χ2v) is 7.73. The van der Waals surface area contributed by atoms with Crippen molar-refractivity contribution in [3.05, 3.63) is 0 Å². The topological polar surface area (TPSA) is 46.3 Å². The zero-order valence-corrected chi connectivity index (χ0v) is 13.4. The van der Waals surface area contributed by atoms with E-state index in [-0.39, 0.29) is 17.4 Å². The molecule has 0 aromatic carbocycles. The van der Waals surface area contributed by atoms with Gasteiger partial charge in [0.15, 0.2) is 0 Å². The maximum absolute atomic E-state index is 12.4. The van der Waals surface area contributed by atoms with Crippen molar-refractivity contribution in [2.45, 2.75) is 78.8 Å². The Hall–Kier alpha value is -0.570. The van der Waals surface area contributed by atoms with Crippen LogP contribution >= 0.6 is 0 Å². The number of nitrogens with zero attached hydrogens (tertiary/aromatic N) is 1. The third-order valence-electron chi connectivity index (χ3n) is 3.57. The molecule has 1 unspecified atom stereocenters. The van der Waals surface area contributed by atoms with E-state index in [2.05, 4.69) is 39.5 Å². The number of nitrogens with two attached hydrogens (primary N) is 1. The fraction of sp³-hybridized carbons (Fsp3) is 0.938. The van der Waals surface area contributed by atoms with Gasteiger partial charge in [-0.25, -0.2) is 0 Å². The quantitative estimate of drug-likeness (QED) is 0.771. The molecule has 1 amide bonds. The molecule has 1 rings (SSSR count). The molecule has 0 radical (unpaired) electrons. The summed E-state index contributed by atoms with van der Waals surface area (Å²) >= 11 is 0. The van der Waals surface area contributed by atoms with Crippen molar-refractivity contribution in [2.75, 3.05) is 6.54 Å². The minimum atomic E-state index is -0.00667. The van der Waals surface area contributed by atoms with Crippen LogP contribution in [0.15, 0.2) is 0 Å². The molecular formula is C16H32N2O. The molecule has 1 saturated carbocycles. The lowest BCUT2D eigenvalue weighted by molar-refractivity contribution is -0.132. The van der Waals surface area contributed by atoms with Crippen molar-refractivity contribution in [1.82, 2.24) is 4.90 Å². The van der Waals surface area contributed by atoms with Gasteiger partial charge in [0.05, 0.1) is 0 Å². The lowest BCUT2D eigenvalue weighted by Gasteiger charge is -2.27. The van der Waals surface area contributed by atoms with Crippen molar-refractivity contribution in [3.8, 4) is 0 Å². The summed E-state index contributed by atoms with van der Waals surface area (Å²) in [4.78, 5) is 14.5. The number of rotatable bonds is 7. The van der Waals surface area contributed by atoms with Crippen molar-refractivity contribution < 1.29 is 4.79 Å². The highest BCUT2D eigenvalue weighted by atomic mass is 16.2. The lowest BCUT2D eigenvalue weighted by Crippen LogP contribution is -2.39. The molecule has 1 aliphatic carbocycles. The van der Waals surface area contributed by atoms with Crippen molar-refractivity contribution in [1.29, 1.82) is 0 Å². The first kappa shape index (κ1) is 16.5. The molecule has 0 spiro atoms. The summed E-state index contributed by atoms with van der Waals surface area (Å²) in [7, 11) is 0. The van der Waals surface area contributed by atoms with E-state index in [0.717, 1.165) is 19.4 Å². The highest BCUT2D eigenvalue weighted by Gasteiger charge is 2.33. The molecule has 2 N–H and O–H groups in total. The summed E-state index contributed by atoms with van der Waals surface area (Å²) in [5.41, 5.74) is 6.32. The number of amides is 1. The van der Waals surface area contributed by atoms with Gasteiger partial charge in [-0.05, 0) is 37.0 Å². The van der Waals surface area contributed by atoms with Crippen LogP contribution in [0, 0.1) is 11.3 Å². The largest absolute Gasteiger partial charge is 0.340 e. The predicted octanol–water partition coefficient (Wildman–Crippen LogP) is 3.18. The second kappa shape index (κ2) is 6.74. The molecule has 0 bridgehead atoms. The molecule has 19 heavy (non-hydrogen) atoms. The standard InChI is InChI=1S/C16H32N2O/c1-12(2)8-9-18(14-6-7-14)15(19)10-13(17)11-16(3,4)5/h12-14H,6-11,17H2,1-5H3. The Labute approximate surface area is 118 Å². The third-order valence-corrected chi connectivity index (χ3v) is 3.57. The van der Waals surface area contributed by atoms with Crippen molar-refractivity contribution >= 4 is 5.91 Å². The predicted molar refractivity (Wildman–Crippen MR) is 80.9 cm³/mol. The molecule has 1 aliphatic rings. The normalized spacial score (nSPS) is 17.6. The minimum absolute atomic E-state index is 0.00667. The zero-order valence-electron chi connectivity index (χ0n) is 13.4. The zero-order chi connectivity index (χ0) is 14.6. The van der Waals surface area contributed by atoms with Gasteiger partial charge in [-0.2, -0.15) is 0 Å². The van der Waals surface area contributed by atoms with Gasteiger partial charge in [0.25, 0.3) is 0 Å². The number of hydrogen-bond donors (Lipinski definition) is 1. The van der Waals surface area contributed by atoms with Crippen LogP contribution in [-0.4, -0.2) is 29.4 Å². The maximum atomic E-state index is 12.4. The molecule has 3 nitrogen and oxygen atoms in total. The number of carbonyl (C=O) groups excluding carboxylic acids is 1. The van der Waals surface area contributed by atoms with Crippen LogP contribution in [0.4, 0.5) is 0 Å². The van der Waals surface area contributed by atoms with Crippen LogP contribution < -0.4 is 5.73 Å². The van der Waals surface area contributed by atoms with E-state index in [1.807, 2.05) is 0 Å². The molecule has 0 aliphatic heterocycles. The van der Waals surface area contributed by atoms with Gasteiger partial charge in [0, 0.05) is 25.0 Å². The molecule has 1 atom stereocenters. The van der Waals surface area contributed by atoms with E-state index in [1.165, 1.54) is 12.8 Å². The van der Waals surface area contributed by atoms with E-state index in [0.29, 0.717) is 18.4 Å². The Balaban J connectivity index is 2.43. The lowest BCUT2D eigenvalue weighted by atomic mass is 9.87. The van der Waals surface area contributed by atoms with Gasteiger partial charge in [-0.3, -0.25) is 4.79 Å². The molecule has 1 fully saturated rings. The first-order valence-corrected chi connectivity index (χ1v) is 7.74. The molecule has 0 saturated heterocycles. The van der Waals surface area contributed by atoms with Crippen LogP contribution in [-0.2, 0) is 4.79 Å². The van der Waals surface area contributed by atoms with Crippen molar-refractivity contribution in [2.24, 2.45) is 17.1 Å². The SMILES string of the molecule is CC(C)CCN(C(=O)CC(N)CC(C)(C)C)C1CC1. The van der Waals surface area contributed by atoms with Gasteiger partial charge in [-0.1, -0.05) is 34.6 Å². The molecular weight excluding hydrogens is 236 g/mol. The molecule has 0 aromatic heterocycles. The monoisotopic (exact) mass is 268 g/mol. The summed E-state index contributed by atoms with van der Waals surface area (Å²) in [5.74, 6) is 0.914. The first-order chi connectivity index (χ1) is 8.69. The van der Waals surface area contributed by atoms with Gasteiger partial charge >= 0.3 is 0 Å². The number of carbonyl (C=O) groups is 1. The number of hydrogen-bond acceptors (Lipinski definition) is 2. The fourth-order valence-corrected chi connectivity index (χ4v) is 2.49. The first-order valence-electron chi connectivity index (χ1n) is 7.74. The molecule has 112 valence electrons. The van der Waals surface area contributed by atoms with Gasteiger partial charge in [0.2, 0.25) is 5.91 Å². The van der Waals surface area contributed by atoms with Crippen molar-refractivity contribution in [3.63, 3.8) is 0 Å². The van der Waals surface area contributed by atoms with Gasteiger partial charge < -0.3 is 10.6 Å². The summed E-state index contributed by atoms with van der Waals surface area (Å²) < 4.78 is 0. The Kier molecular flexibility index (Phi) is 5.84. The van der Waals surface area contributed by atoms with Gasteiger partial charge in [0.1, 0.15) is 0 Å². The van der Waals surface area contributed by atoms with Crippen LogP contribution in [0.5, 0.6) is 0 Å². The van der Waals surface area contributed by atoms with E-state index < -0.39 is 0 Å². The maximum Gasteiger partial charge on any atom is 0.224 e. The average Bonchev–Trinajstić information content (AvgIpc) is 2.97. The summed E-state index contributed by atoms with van der Waals surface area (Å²) in [6, 6.07) is 0.501. The molecule has 0 heterocycles. The third kappa shape index (κ3) is 6.95. The van der Waals surface area contributed by atoms with E-state index in [1.54, 1.807) is 0 Å². The average molecular weight is 268 g/mol. The summed E-state index contributed by atoms with van der Waals surface area (Å²) in [6.07, 6.45) is 4.86. The molecule has 3 heteroatoms. The summed E-state index contributed by atoms with van der Waals surface area (Å²) in [5, 5.41) is 0. The summed E-state index contributed by atoms with van der Waals surface area (Å²) in [6.45, 7) is 11.9. The Morgan fingerprint density at radius 1 is 1.32 bits per heavy atom.